The van der Waals surface area contributed by atoms with Crippen LogP contribution in [0.15, 0.2) is 0 Å². The van der Waals surface area contributed by atoms with Crippen molar-refractivity contribution >= 4 is 0 Å². The number of hydrogen-bond donors (Lipinski definition) is 1. The first kappa shape index (κ1) is 21.2. The van der Waals surface area contributed by atoms with Crippen LogP contribution in [0.1, 0.15) is 112 Å². The van der Waals surface area contributed by atoms with Crippen LogP contribution in [0.3, 0.4) is 0 Å². The highest BCUT2D eigenvalue weighted by Gasteiger charge is 2.59. The summed E-state index contributed by atoms with van der Waals surface area (Å²) < 4.78 is 0. The summed E-state index contributed by atoms with van der Waals surface area (Å²) in [6.45, 7) is 12.4. The van der Waals surface area contributed by atoms with Gasteiger partial charge in [0.25, 0.3) is 0 Å². The third-order valence-corrected chi connectivity index (χ3v) is 11.0. The van der Waals surface area contributed by atoms with Crippen molar-refractivity contribution in [3.05, 3.63) is 0 Å². The zero-order valence-corrected chi connectivity index (χ0v) is 19.6. The fourth-order valence-electron chi connectivity index (χ4n) is 9.36. The topological polar surface area (TPSA) is 20.2 Å². The molecular weight excluding hydrogens is 340 g/mol. The minimum Gasteiger partial charge on any atom is -0.393 e. The number of aliphatic hydroxyl groups excluding tert-OH is 1. The van der Waals surface area contributed by atoms with Crippen LogP contribution >= 0.6 is 0 Å². The Bertz CT molecular complexity index is 540. The van der Waals surface area contributed by atoms with E-state index in [2.05, 4.69) is 27.7 Å². The molecule has 4 aliphatic carbocycles. The van der Waals surface area contributed by atoms with Crippen molar-refractivity contribution in [3.8, 4) is 0 Å². The van der Waals surface area contributed by atoms with Gasteiger partial charge in [-0.3, -0.25) is 0 Å². The van der Waals surface area contributed by atoms with Gasteiger partial charge < -0.3 is 5.11 Å². The average molecular weight is 389 g/mol. The molecule has 4 rings (SSSR count). The predicted octanol–water partition coefficient (Wildman–Crippen LogP) is 7.47. The van der Waals surface area contributed by atoms with Crippen LogP contribution in [0.25, 0.3) is 0 Å². The summed E-state index contributed by atoms with van der Waals surface area (Å²) in [5.74, 6) is 6.67. The van der Waals surface area contributed by atoms with E-state index in [1.165, 1.54) is 70.6 Å². The van der Waals surface area contributed by atoms with Crippen molar-refractivity contribution in [3.63, 3.8) is 0 Å². The molecule has 1 heteroatoms. The minimum absolute atomic E-state index is 0.129. The maximum Gasteiger partial charge on any atom is 0.0512 e. The van der Waals surface area contributed by atoms with Crippen LogP contribution in [-0.4, -0.2) is 11.2 Å². The average Bonchev–Trinajstić information content (AvgIpc) is 2.92. The Labute approximate surface area is 175 Å². The molecule has 162 valence electrons. The molecule has 28 heavy (non-hydrogen) atoms. The van der Waals surface area contributed by atoms with Crippen molar-refractivity contribution in [1.82, 2.24) is 0 Å². The fourth-order valence-corrected chi connectivity index (χ4v) is 9.36. The van der Waals surface area contributed by atoms with Gasteiger partial charge >= 0.3 is 0 Å². The second kappa shape index (κ2) is 7.90. The summed E-state index contributed by atoms with van der Waals surface area (Å²) >= 11 is 0. The lowest BCUT2D eigenvalue weighted by Gasteiger charge is -2.57. The van der Waals surface area contributed by atoms with Gasteiger partial charge in [-0.1, -0.05) is 40.5 Å². The molecule has 4 fully saturated rings. The van der Waals surface area contributed by atoms with Crippen molar-refractivity contribution in [2.75, 3.05) is 0 Å². The SMILES string of the molecule is CC(O)CC[C@H](C)[C@H]1CC[C@H]2C3CCC[C@H]4C[C@@H](C)CC[C@]4(C)C3CCC12C. The van der Waals surface area contributed by atoms with Crippen molar-refractivity contribution < 1.29 is 5.11 Å². The number of rotatable bonds is 4. The van der Waals surface area contributed by atoms with Gasteiger partial charge in [-0.05, 0) is 123 Å². The normalized spacial score (nSPS) is 50.8. The van der Waals surface area contributed by atoms with Gasteiger partial charge in [0, 0.05) is 0 Å². The molecule has 4 saturated carbocycles. The van der Waals surface area contributed by atoms with Crippen LogP contribution in [0.5, 0.6) is 0 Å². The van der Waals surface area contributed by atoms with E-state index in [0.717, 1.165) is 47.8 Å². The molecule has 0 spiro atoms. The summed E-state index contributed by atoms with van der Waals surface area (Å²) in [4.78, 5) is 0. The molecule has 0 aromatic carbocycles. The lowest BCUT2D eigenvalue weighted by molar-refractivity contribution is -0.0777. The van der Waals surface area contributed by atoms with Gasteiger partial charge in [0.05, 0.1) is 6.10 Å². The number of aliphatic hydroxyl groups is 1. The number of fused-ring (bicyclic) bond motifs is 5. The number of hydrogen-bond acceptors (Lipinski definition) is 1. The van der Waals surface area contributed by atoms with E-state index >= 15 is 0 Å². The van der Waals surface area contributed by atoms with E-state index in [0.29, 0.717) is 10.8 Å². The Kier molecular flexibility index (Phi) is 5.98. The Hall–Kier alpha value is -0.0400. The molecule has 0 aromatic heterocycles. The Morgan fingerprint density at radius 1 is 0.857 bits per heavy atom. The summed E-state index contributed by atoms with van der Waals surface area (Å²) in [6.07, 6.45) is 17.1. The molecule has 0 aromatic rings. The zero-order chi connectivity index (χ0) is 20.1. The minimum atomic E-state index is -0.129. The highest BCUT2D eigenvalue weighted by molar-refractivity contribution is 5.08. The van der Waals surface area contributed by atoms with Crippen LogP contribution in [0.4, 0.5) is 0 Å². The monoisotopic (exact) mass is 388 g/mol. The quantitative estimate of drug-likeness (QED) is 0.529. The zero-order valence-electron chi connectivity index (χ0n) is 19.6. The summed E-state index contributed by atoms with van der Waals surface area (Å²) in [5.41, 5.74) is 1.22. The summed E-state index contributed by atoms with van der Waals surface area (Å²) in [6, 6.07) is 0. The first-order chi connectivity index (χ1) is 13.3. The van der Waals surface area contributed by atoms with E-state index in [1.54, 1.807) is 0 Å². The molecule has 10 atom stereocenters. The largest absolute Gasteiger partial charge is 0.393 e. The van der Waals surface area contributed by atoms with Crippen LogP contribution < -0.4 is 0 Å². The molecule has 0 saturated heterocycles. The van der Waals surface area contributed by atoms with Crippen LogP contribution in [0.2, 0.25) is 0 Å². The standard InChI is InChI=1S/C27H48O/c1-18-13-15-26(4)21(17-18)7-6-8-22-24-12-11-23(19(2)9-10-20(3)28)27(24,5)16-14-25(22)26/h18-25,28H,6-17H2,1-5H3/t18-,19-,20?,21-,22?,23+,24-,25?,26-,27?/m0/s1. The van der Waals surface area contributed by atoms with Crippen molar-refractivity contribution in [2.24, 2.45) is 52.3 Å². The highest BCUT2D eigenvalue weighted by Crippen LogP contribution is 2.67. The molecule has 0 amide bonds. The summed E-state index contributed by atoms with van der Waals surface area (Å²) in [7, 11) is 0. The Morgan fingerprint density at radius 3 is 2.32 bits per heavy atom. The fraction of sp³-hybridized carbons (Fsp3) is 1.00. The smallest absolute Gasteiger partial charge is 0.0512 e. The molecule has 0 radical (unpaired) electrons. The molecule has 0 heterocycles. The lowest BCUT2D eigenvalue weighted by atomic mass is 9.48. The maximum atomic E-state index is 9.78. The predicted molar refractivity (Wildman–Crippen MR) is 119 cm³/mol. The molecule has 1 nitrogen and oxygen atoms in total. The lowest BCUT2D eigenvalue weighted by Crippen LogP contribution is -2.49. The van der Waals surface area contributed by atoms with E-state index in [9.17, 15) is 5.11 Å². The van der Waals surface area contributed by atoms with Gasteiger partial charge in [-0.15, -0.1) is 0 Å². The van der Waals surface area contributed by atoms with E-state index in [-0.39, 0.29) is 6.10 Å². The van der Waals surface area contributed by atoms with Gasteiger partial charge in [-0.25, -0.2) is 0 Å². The van der Waals surface area contributed by atoms with E-state index in [1.807, 2.05) is 6.92 Å². The van der Waals surface area contributed by atoms with Gasteiger partial charge in [0.15, 0.2) is 0 Å². The molecular formula is C27H48O. The molecule has 4 unspecified atom stereocenters. The van der Waals surface area contributed by atoms with E-state index in [4.69, 9.17) is 0 Å². The van der Waals surface area contributed by atoms with Crippen molar-refractivity contribution in [1.29, 1.82) is 0 Å². The van der Waals surface area contributed by atoms with Crippen LogP contribution in [-0.2, 0) is 0 Å². The molecule has 0 bridgehead atoms. The second-order valence-corrected chi connectivity index (χ2v) is 12.5. The second-order valence-electron chi connectivity index (χ2n) is 12.5. The maximum absolute atomic E-state index is 9.78. The summed E-state index contributed by atoms with van der Waals surface area (Å²) in [5, 5.41) is 9.78. The Balaban J connectivity index is 1.53. The van der Waals surface area contributed by atoms with Gasteiger partial charge in [-0.2, -0.15) is 0 Å². The highest BCUT2D eigenvalue weighted by atomic mass is 16.3. The van der Waals surface area contributed by atoms with Gasteiger partial charge in [0.2, 0.25) is 0 Å². The van der Waals surface area contributed by atoms with Gasteiger partial charge in [0.1, 0.15) is 0 Å². The van der Waals surface area contributed by atoms with Crippen LogP contribution in [0, 0.1) is 52.3 Å². The first-order valence-corrected chi connectivity index (χ1v) is 12.9. The molecule has 1 N–H and O–H groups in total. The third-order valence-electron chi connectivity index (χ3n) is 11.0. The Morgan fingerprint density at radius 2 is 1.57 bits per heavy atom. The molecule has 4 aliphatic rings. The van der Waals surface area contributed by atoms with E-state index < -0.39 is 0 Å². The third kappa shape index (κ3) is 3.50. The first-order valence-electron chi connectivity index (χ1n) is 12.9. The molecule has 0 aliphatic heterocycles. The van der Waals surface area contributed by atoms with Crippen molar-refractivity contribution in [2.45, 2.75) is 118 Å².